The van der Waals surface area contributed by atoms with Crippen molar-refractivity contribution in [3.63, 3.8) is 0 Å². The Kier molecular flexibility index (Phi) is 8.36. The topological polar surface area (TPSA) is 128 Å². The Morgan fingerprint density at radius 2 is 1.64 bits per heavy atom. The second-order valence-electron chi connectivity index (χ2n) is 9.19. The molecule has 0 bridgehead atoms. The van der Waals surface area contributed by atoms with Gasteiger partial charge in [0.2, 0.25) is 0 Å². The number of nitrogens with two attached hydrogens (primary N) is 1. The fourth-order valence-corrected chi connectivity index (χ4v) is 4.42. The van der Waals surface area contributed by atoms with Gasteiger partial charge in [-0.25, -0.2) is 9.31 Å². The first kappa shape index (κ1) is 27.5. The highest BCUT2D eigenvalue weighted by Gasteiger charge is 2.38. The maximum atomic E-state index is 10.6. The van der Waals surface area contributed by atoms with Gasteiger partial charge in [-0.15, -0.1) is 0 Å². The Hall–Kier alpha value is -4.56. The van der Waals surface area contributed by atoms with Crippen molar-refractivity contribution in [3.05, 3.63) is 78.5 Å². The Labute approximate surface area is 222 Å². The Bertz CT molecular complexity index is 1460. The van der Waals surface area contributed by atoms with Crippen molar-refractivity contribution in [2.45, 2.75) is 43.9 Å². The van der Waals surface area contributed by atoms with E-state index in [4.69, 9.17) is 15.6 Å². The molecule has 0 atom stereocenters. The molecule has 0 spiro atoms. The smallest absolute Gasteiger partial charge is 0.475 e. The van der Waals surface area contributed by atoms with Crippen molar-refractivity contribution in [1.29, 1.82) is 5.26 Å². The number of hydrogen-bond donors (Lipinski definition) is 4. The minimum Gasteiger partial charge on any atom is -0.475 e. The molecule has 2 aromatic heterocycles. The molecule has 2 aromatic carbocycles. The molecule has 11 heteroatoms. The van der Waals surface area contributed by atoms with Crippen molar-refractivity contribution in [1.82, 2.24) is 9.61 Å². The van der Waals surface area contributed by atoms with Crippen LogP contribution in [-0.4, -0.2) is 38.9 Å². The van der Waals surface area contributed by atoms with Gasteiger partial charge in [0.05, 0.1) is 17.4 Å². The molecule has 4 aromatic rings. The number of carboxylic acid groups (broad SMARTS) is 1. The van der Waals surface area contributed by atoms with Gasteiger partial charge in [0, 0.05) is 23.8 Å². The van der Waals surface area contributed by atoms with Gasteiger partial charge in [-0.2, -0.15) is 23.5 Å². The van der Waals surface area contributed by atoms with Crippen LogP contribution in [-0.2, 0) is 4.79 Å². The number of aromatic nitrogens is 2. The maximum absolute atomic E-state index is 10.6. The zero-order chi connectivity index (χ0) is 28.0. The zero-order valence-electron chi connectivity index (χ0n) is 20.8. The van der Waals surface area contributed by atoms with Crippen molar-refractivity contribution < 1.29 is 23.1 Å². The molecule has 5 N–H and O–H groups in total. The van der Waals surface area contributed by atoms with Crippen LogP contribution in [0.15, 0.2) is 72.9 Å². The summed E-state index contributed by atoms with van der Waals surface area (Å²) in [6.07, 6.45) is 0.685. The van der Waals surface area contributed by atoms with Crippen LogP contribution >= 0.6 is 0 Å². The normalized spacial score (nSPS) is 17.0. The van der Waals surface area contributed by atoms with E-state index in [0.29, 0.717) is 11.6 Å². The van der Waals surface area contributed by atoms with E-state index in [1.54, 1.807) is 10.7 Å². The molecular weight excluding hydrogens is 509 g/mol. The summed E-state index contributed by atoms with van der Waals surface area (Å²) in [5.74, 6) is -1.95. The maximum Gasteiger partial charge on any atom is 0.490 e. The largest absolute Gasteiger partial charge is 0.490 e. The molecule has 202 valence electrons. The lowest BCUT2D eigenvalue weighted by atomic mass is 9.91. The molecule has 0 aliphatic heterocycles. The summed E-state index contributed by atoms with van der Waals surface area (Å²) in [5, 5.41) is 28.5. The molecule has 0 radical (unpaired) electrons. The van der Waals surface area contributed by atoms with Crippen LogP contribution in [0, 0.1) is 11.3 Å². The number of carbonyl (C=O) groups is 1. The number of benzene rings is 2. The highest BCUT2D eigenvalue weighted by atomic mass is 19.4. The average molecular weight is 537 g/mol. The van der Waals surface area contributed by atoms with Crippen LogP contribution in [0.5, 0.6) is 0 Å². The van der Waals surface area contributed by atoms with Crippen molar-refractivity contribution in [2.75, 3.05) is 10.6 Å². The summed E-state index contributed by atoms with van der Waals surface area (Å²) in [4.78, 5) is 8.90. The molecule has 1 aliphatic rings. The van der Waals surface area contributed by atoms with E-state index in [2.05, 4.69) is 58.2 Å². The number of nitrogens with zero attached hydrogens (tertiary/aromatic N) is 3. The van der Waals surface area contributed by atoms with E-state index >= 15 is 0 Å². The standard InChI is InChI=1S/C26H26N6.C2HF3O2/c27-17-23-24(30-21-12-8-20(28)9-13-21)16-26(32-25(23)14-15-29-32)31-22-10-6-19(7-11-22)18-4-2-1-3-5-18;3-2(4,5)1(6)7/h1-7,10-11,14-16,20-21,30-31H,8-9,12-13,28H2;(H,6,7). The van der Waals surface area contributed by atoms with Gasteiger partial charge < -0.3 is 21.5 Å². The van der Waals surface area contributed by atoms with Crippen LogP contribution < -0.4 is 16.4 Å². The highest BCUT2D eigenvalue weighted by Crippen LogP contribution is 2.31. The summed E-state index contributed by atoms with van der Waals surface area (Å²) in [5.41, 5.74) is 11.6. The summed E-state index contributed by atoms with van der Waals surface area (Å²) in [6, 6.07) is 25.5. The third-order valence-electron chi connectivity index (χ3n) is 6.43. The lowest BCUT2D eigenvalue weighted by molar-refractivity contribution is -0.192. The summed E-state index contributed by atoms with van der Waals surface area (Å²) in [6.45, 7) is 0. The first-order chi connectivity index (χ1) is 18.7. The van der Waals surface area contributed by atoms with E-state index in [1.807, 2.05) is 30.3 Å². The van der Waals surface area contributed by atoms with E-state index < -0.39 is 12.1 Å². The molecule has 0 amide bonds. The lowest BCUT2D eigenvalue weighted by Gasteiger charge is -2.28. The summed E-state index contributed by atoms with van der Waals surface area (Å²) in [7, 11) is 0. The predicted molar refractivity (Wildman–Crippen MR) is 143 cm³/mol. The molecule has 0 unspecified atom stereocenters. The molecule has 39 heavy (non-hydrogen) atoms. The number of rotatable bonds is 5. The molecule has 0 saturated heterocycles. The quantitative estimate of drug-likeness (QED) is 0.249. The predicted octanol–water partition coefficient (Wildman–Crippen LogP) is 5.93. The van der Waals surface area contributed by atoms with Crippen molar-refractivity contribution >= 4 is 28.7 Å². The van der Waals surface area contributed by atoms with Gasteiger partial charge in [0.25, 0.3) is 0 Å². The second kappa shape index (κ2) is 11.9. The monoisotopic (exact) mass is 536 g/mol. The first-order valence-corrected chi connectivity index (χ1v) is 12.3. The number of aliphatic carboxylic acids is 1. The fraction of sp³-hybridized carbons (Fsp3) is 0.250. The Balaban J connectivity index is 0.000000448. The van der Waals surface area contributed by atoms with E-state index in [-0.39, 0.29) is 6.04 Å². The molecule has 5 rings (SSSR count). The summed E-state index contributed by atoms with van der Waals surface area (Å²) < 4.78 is 33.5. The van der Waals surface area contributed by atoms with Gasteiger partial charge in [-0.3, -0.25) is 0 Å². The van der Waals surface area contributed by atoms with Crippen molar-refractivity contribution in [2.24, 2.45) is 5.73 Å². The van der Waals surface area contributed by atoms with E-state index in [0.717, 1.165) is 54.0 Å². The minimum absolute atomic E-state index is 0.289. The number of fused-ring (bicyclic) bond motifs is 1. The molecule has 1 aliphatic carbocycles. The van der Waals surface area contributed by atoms with Crippen LogP contribution in [0.2, 0.25) is 0 Å². The number of anilines is 3. The number of carboxylic acids is 1. The van der Waals surface area contributed by atoms with Gasteiger partial charge in [0.15, 0.2) is 0 Å². The Morgan fingerprint density at radius 3 is 2.23 bits per heavy atom. The summed E-state index contributed by atoms with van der Waals surface area (Å²) >= 11 is 0. The Morgan fingerprint density at radius 1 is 1.03 bits per heavy atom. The molecule has 8 nitrogen and oxygen atoms in total. The molecular formula is C28H27F3N6O2. The number of halogens is 3. The van der Waals surface area contributed by atoms with Gasteiger partial charge in [0.1, 0.15) is 17.5 Å². The first-order valence-electron chi connectivity index (χ1n) is 12.3. The number of hydrogen-bond acceptors (Lipinski definition) is 6. The SMILES string of the molecule is N#Cc1c(NC2CCC(N)CC2)cc(Nc2ccc(-c3ccccc3)cc2)n2nccc12.O=C(O)C(F)(F)F. The second-order valence-corrected chi connectivity index (χ2v) is 9.19. The molecule has 1 saturated carbocycles. The third-order valence-corrected chi connectivity index (χ3v) is 6.43. The van der Waals surface area contributed by atoms with Crippen LogP contribution in [0.25, 0.3) is 16.6 Å². The van der Waals surface area contributed by atoms with Crippen LogP contribution in [0.3, 0.4) is 0 Å². The van der Waals surface area contributed by atoms with E-state index in [9.17, 15) is 18.4 Å². The molecule has 1 fully saturated rings. The van der Waals surface area contributed by atoms with E-state index in [1.165, 1.54) is 5.56 Å². The van der Waals surface area contributed by atoms with Crippen LogP contribution in [0.1, 0.15) is 31.2 Å². The van der Waals surface area contributed by atoms with Gasteiger partial charge in [-0.1, -0.05) is 42.5 Å². The lowest BCUT2D eigenvalue weighted by Crippen LogP contribution is -2.33. The average Bonchev–Trinajstić information content (AvgIpc) is 3.41. The highest BCUT2D eigenvalue weighted by molar-refractivity contribution is 5.79. The third kappa shape index (κ3) is 6.86. The van der Waals surface area contributed by atoms with Crippen LogP contribution in [0.4, 0.5) is 30.4 Å². The molecule has 2 heterocycles. The minimum atomic E-state index is -5.08. The number of nitriles is 1. The van der Waals surface area contributed by atoms with Gasteiger partial charge >= 0.3 is 12.1 Å². The number of pyridine rings is 1. The van der Waals surface area contributed by atoms with Crippen molar-refractivity contribution in [3.8, 4) is 17.2 Å². The number of alkyl halides is 3. The van der Waals surface area contributed by atoms with Gasteiger partial charge in [-0.05, 0) is 55.0 Å². The fourth-order valence-electron chi connectivity index (χ4n) is 4.42. The zero-order valence-corrected chi connectivity index (χ0v) is 20.8. The number of nitrogens with one attached hydrogen (secondary N) is 2.